The Labute approximate surface area is 149 Å². The van der Waals surface area contributed by atoms with E-state index in [2.05, 4.69) is 31.2 Å². The second-order valence-corrected chi connectivity index (χ2v) is 6.50. The fraction of sp³-hybridized carbons (Fsp3) is 0.810. The standard InChI is InChI=1S/C21H40O3/c1-2-3-4-5-6-7-8-9-10-11-12-13-14-15-16-17-18-24-20-21(23)19-22/h6-7,9-10,21-23H,2-5,8,11-20H2,1H3. The number of hydrogen-bond donors (Lipinski definition) is 2. The molecule has 0 aromatic carbocycles. The van der Waals surface area contributed by atoms with Crippen LogP contribution in [0.4, 0.5) is 0 Å². The predicted octanol–water partition coefficient (Wildman–Crippen LogP) is 5.17. The van der Waals surface area contributed by atoms with Crippen molar-refractivity contribution in [2.75, 3.05) is 19.8 Å². The highest BCUT2D eigenvalue weighted by molar-refractivity contribution is 4.92. The van der Waals surface area contributed by atoms with E-state index >= 15 is 0 Å². The summed E-state index contributed by atoms with van der Waals surface area (Å²) in [5, 5.41) is 17.7. The lowest BCUT2D eigenvalue weighted by Crippen LogP contribution is -2.19. The molecule has 0 saturated carbocycles. The van der Waals surface area contributed by atoms with Crippen molar-refractivity contribution in [3.8, 4) is 0 Å². The Morgan fingerprint density at radius 3 is 2.00 bits per heavy atom. The van der Waals surface area contributed by atoms with Gasteiger partial charge in [0, 0.05) is 6.61 Å². The molecular formula is C21H40O3. The second kappa shape index (κ2) is 20.4. The van der Waals surface area contributed by atoms with Gasteiger partial charge in [0.15, 0.2) is 0 Å². The molecule has 1 unspecified atom stereocenters. The van der Waals surface area contributed by atoms with E-state index in [1.807, 2.05) is 0 Å². The molecule has 0 amide bonds. The molecule has 0 saturated heterocycles. The summed E-state index contributed by atoms with van der Waals surface area (Å²) < 4.78 is 5.28. The average molecular weight is 341 g/mol. The maximum atomic E-state index is 9.11. The summed E-state index contributed by atoms with van der Waals surface area (Å²) in [5.41, 5.74) is 0. The van der Waals surface area contributed by atoms with E-state index < -0.39 is 6.10 Å². The van der Waals surface area contributed by atoms with E-state index in [0.717, 1.165) is 12.8 Å². The first kappa shape index (κ1) is 23.4. The highest BCUT2D eigenvalue weighted by Crippen LogP contribution is 2.08. The van der Waals surface area contributed by atoms with Crippen molar-refractivity contribution in [3.63, 3.8) is 0 Å². The van der Waals surface area contributed by atoms with Crippen molar-refractivity contribution in [2.24, 2.45) is 0 Å². The molecule has 0 aromatic rings. The van der Waals surface area contributed by atoms with Gasteiger partial charge >= 0.3 is 0 Å². The van der Waals surface area contributed by atoms with Crippen LogP contribution in [0.25, 0.3) is 0 Å². The molecule has 0 aliphatic heterocycles. The van der Waals surface area contributed by atoms with Crippen LogP contribution in [0.5, 0.6) is 0 Å². The lowest BCUT2D eigenvalue weighted by Gasteiger charge is -2.07. The van der Waals surface area contributed by atoms with Crippen molar-refractivity contribution >= 4 is 0 Å². The zero-order valence-electron chi connectivity index (χ0n) is 15.8. The third-order valence-electron chi connectivity index (χ3n) is 4.01. The summed E-state index contributed by atoms with van der Waals surface area (Å²) in [6.07, 6.45) is 23.3. The van der Waals surface area contributed by atoms with Crippen LogP contribution < -0.4 is 0 Å². The predicted molar refractivity (Wildman–Crippen MR) is 103 cm³/mol. The summed E-state index contributed by atoms with van der Waals surface area (Å²) in [6.45, 7) is 2.96. The average Bonchev–Trinajstić information content (AvgIpc) is 2.60. The topological polar surface area (TPSA) is 49.7 Å². The highest BCUT2D eigenvalue weighted by atomic mass is 16.5. The summed E-state index contributed by atoms with van der Waals surface area (Å²) in [5.74, 6) is 0. The molecular weight excluding hydrogens is 300 g/mol. The minimum absolute atomic E-state index is 0.219. The summed E-state index contributed by atoms with van der Waals surface area (Å²) in [6, 6.07) is 0. The molecule has 0 aliphatic carbocycles. The first-order valence-electron chi connectivity index (χ1n) is 9.98. The number of rotatable bonds is 18. The van der Waals surface area contributed by atoms with Gasteiger partial charge in [0.05, 0.1) is 13.2 Å². The van der Waals surface area contributed by atoms with E-state index in [9.17, 15) is 0 Å². The minimum atomic E-state index is -0.727. The molecule has 24 heavy (non-hydrogen) atoms. The molecule has 3 nitrogen and oxygen atoms in total. The van der Waals surface area contributed by atoms with Crippen LogP contribution in [0.2, 0.25) is 0 Å². The third kappa shape index (κ3) is 19.4. The molecule has 0 aromatic heterocycles. The monoisotopic (exact) mass is 340 g/mol. The van der Waals surface area contributed by atoms with E-state index in [-0.39, 0.29) is 13.2 Å². The van der Waals surface area contributed by atoms with Crippen molar-refractivity contribution in [1.29, 1.82) is 0 Å². The lowest BCUT2D eigenvalue weighted by atomic mass is 10.1. The number of unbranched alkanes of at least 4 members (excludes halogenated alkanes) is 9. The van der Waals surface area contributed by atoms with Crippen LogP contribution in [0.1, 0.15) is 84.0 Å². The fourth-order valence-electron chi connectivity index (χ4n) is 2.46. The quantitative estimate of drug-likeness (QED) is 0.267. The largest absolute Gasteiger partial charge is 0.394 e. The minimum Gasteiger partial charge on any atom is -0.394 e. The molecule has 0 radical (unpaired) electrons. The summed E-state index contributed by atoms with van der Waals surface area (Å²) in [7, 11) is 0. The maximum absolute atomic E-state index is 9.11. The van der Waals surface area contributed by atoms with Gasteiger partial charge in [-0.3, -0.25) is 0 Å². The molecule has 0 rings (SSSR count). The first-order valence-corrected chi connectivity index (χ1v) is 9.98. The molecule has 0 heterocycles. The Morgan fingerprint density at radius 2 is 1.38 bits per heavy atom. The van der Waals surface area contributed by atoms with Crippen molar-refractivity contribution in [1.82, 2.24) is 0 Å². The van der Waals surface area contributed by atoms with Crippen LogP contribution in [0.3, 0.4) is 0 Å². The zero-order valence-corrected chi connectivity index (χ0v) is 15.8. The van der Waals surface area contributed by atoms with E-state index in [1.54, 1.807) is 0 Å². The Kier molecular flexibility index (Phi) is 19.9. The molecule has 1 atom stereocenters. The summed E-state index contributed by atoms with van der Waals surface area (Å²) in [4.78, 5) is 0. The molecule has 3 heteroatoms. The number of ether oxygens (including phenoxy) is 1. The molecule has 142 valence electrons. The lowest BCUT2D eigenvalue weighted by molar-refractivity contribution is 0.00526. The van der Waals surface area contributed by atoms with Crippen molar-refractivity contribution in [3.05, 3.63) is 24.3 Å². The van der Waals surface area contributed by atoms with Gasteiger partial charge in [0.1, 0.15) is 6.10 Å². The zero-order chi connectivity index (χ0) is 17.7. The first-order chi connectivity index (χ1) is 11.8. The van der Waals surface area contributed by atoms with Crippen LogP contribution >= 0.6 is 0 Å². The number of hydrogen-bond acceptors (Lipinski definition) is 3. The van der Waals surface area contributed by atoms with Crippen LogP contribution in [-0.2, 0) is 4.74 Å². The number of allylic oxidation sites excluding steroid dienone is 4. The molecule has 0 spiro atoms. The molecule has 0 bridgehead atoms. The molecule has 0 fully saturated rings. The Hall–Kier alpha value is -0.640. The van der Waals surface area contributed by atoms with Gasteiger partial charge in [0.2, 0.25) is 0 Å². The van der Waals surface area contributed by atoms with Gasteiger partial charge in [0.25, 0.3) is 0 Å². The van der Waals surface area contributed by atoms with Crippen LogP contribution in [0, 0.1) is 0 Å². The van der Waals surface area contributed by atoms with Crippen molar-refractivity contribution < 1.29 is 14.9 Å². The normalized spacial score (nSPS) is 13.3. The SMILES string of the molecule is CCCCCC=CCC=CCCCCCCCCOCC(O)CO. The summed E-state index contributed by atoms with van der Waals surface area (Å²) >= 11 is 0. The van der Waals surface area contributed by atoms with Gasteiger partial charge in [-0.05, 0) is 38.5 Å². The maximum Gasteiger partial charge on any atom is 0.100 e. The van der Waals surface area contributed by atoms with Gasteiger partial charge in [-0.1, -0.05) is 69.8 Å². The highest BCUT2D eigenvalue weighted by Gasteiger charge is 2.00. The van der Waals surface area contributed by atoms with E-state index in [0.29, 0.717) is 6.61 Å². The van der Waals surface area contributed by atoms with Crippen molar-refractivity contribution in [2.45, 2.75) is 90.1 Å². The second-order valence-electron chi connectivity index (χ2n) is 6.50. The van der Waals surface area contributed by atoms with Crippen LogP contribution in [0.15, 0.2) is 24.3 Å². The van der Waals surface area contributed by atoms with Gasteiger partial charge in [-0.15, -0.1) is 0 Å². The van der Waals surface area contributed by atoms with Gasteiger partial charge in [-0.2, -0.15) is 0 Å². The van der Waals surface area contributed by atoms with Gasteiger partial charge < -0.3 is 14.9 Å². The Balaban J connectivity index is 3.15. The van der Waals surface area contributed by atoms with E-state index in [4.69, 9.17) is 14.9 Å². The number of aliphatic hydroxyl groups is 2. The Bertz CT molecular complexity index is 287. The third-order valence-corrected chi connectivity index (χ3v) is 4.01. The number of aliphatic hydroxyl groups excluding tert-OH is 2. The van der Waals surface area contributed by atoms with Crippen LogP contribution in [-0.4, -0.2) is 36.1 Å². The fourth-order valence-corrected chi connectivity index (χ4v) is 2.46. The molecule has 2 N–H and O–H groups in total. The Morgan fingerprint density at radius 1 is 0.792 bits per heavy atom. The molecule has 0 aliphatic rings. The van der Waals surface area contributed by atoms with Gasteiger partial charge in [-0.25, -0.2) is 0 Å². The smallest absolute Gasteiger partial charge is 0.100 e. The van der Waals surface area contributed by atoms with E-state index in [1.165, 1.54) is 64.2 Å².